The zero-order chi connectivity index (χ0) is 15.0. The van der Waals surface area contributed by atoms with Gasteiger partial charge in [-0.15, -0.1) is 11.3 Å². The number of ketones is 1. The average molecular weight is 303 g/mol. The van der Waals surface area contributed by atoms with E-state index < -0.39 is 18.2 Å². The topological polar surface area (TPSA) is 70.2 Å². The van der Waals surface area contributed by atoms with Crippen LogP contribution in [0.4, 0.5) is 4.39 Å². The van der Waals surface area contributed by atoms with Gasteiger partial charge in [-0.25, -0.2) is 4.39 Å². The molecule has 0 saturated carbocycles. The van der Waals surface area contributed by atoms with E-state index in [0.717, 1.165) is 16.5 Å². The molecule has 0 amide bonds. The van der Waals surface area contributed by atoms with Gasteiger partial charge >= 0.3 is 5.97 Å². The highest BCUT2D eigenvalue weighted by atomic mass is 32.1. The lowest BCUT2D eigenvalue weighted by Gasteiger charge is -1.95. The third-order valence-corrected chi connectivity index (χ3v) is 4.11. The first kappa shape index (κ1) is 13.5. The molecule has 3 rings (SSSR count). The van der Waals surface area contributed by atoms with Crippen molar-refractivity contribution in [3.8, 4) is 11.1 Å². The second-order valence-electron chi connectivity index (χ2n) is 4.59. The number of thiophene rings is 1. The molecule has 0 aliphatic rings. The maximum absolute atomic E-state index is 13.2. The SMILES string of the molecule is O=C(O)CC(=O)c1cc(-c2c[nH]c3cc(F)ccc23)cs1. The fourth-order valence-corrected chi connectivity index (χ4v) is 3.03. The first-order valence-corrected chi connectivity index (χ1v) is 7.03. The Bertz CT molecular complexity index is 850. The molecule has 0 aliphatic carbocycles. The Hall–Kier alpha value is -2.47. The molecule has 106 valence electrons. The van der Waals surface area contributed by atoms with Crippen LogP contribution in [0.1, 0.15) is 16.1 Å². The van der Waals surface area contributed by atoms with Crippen molar-refractivity contribution in [3.63, 3.8) is 0 Å². The summed E-state index contributed by atoms with van der Waals surface area (Å²) >= 11 is 1.21. The summed E-state index contributed by atoms with van der Waals surface area (Å²) in [6.45, 7) is 0. The Balaban J connectivity index is 1.98. The highest BCUT2D eigenvalue weighted by Gasteiger charge is 2.15. The number of aromatic nitrogens is 1. The standard InChI is InChI=1S/C15H10FNO3S/c16-9-1-2-10-11(6-17-12(10)4-9)8-3-14(21-7-8)13(18)5-15(19)20/h1-4,6-7,17H,5H2,(H,19,20). The largest absolute Gasteiger partial charge is 0.481 e. The van der Waals surface area contributed by atoms with Crippen LogP contribution in [0.15, 0.2) is 35.8 Å². The predicted molar refractivity (Wildman–Crippen MR) is 78.2 cm³/mol. The number of aromatic amines is 1. The molecule has 21 heavy (non-hydrogen) atoms. The molecule has 2 aromatic heterocycles. The van der Waals surface area contributed by atoms with Gasteiger partial charge in [0.05, 0.1) is 4.88 Å². The maximum Gasteiger partial charge on any atom is 0.311 e. The highest BCUT2D eigenvalue weighted by Crippen LogP contribution is 2.32. The average Bonchev–Trinajstić information content (AvgIpc) is 3.02. The lowest BCUT2D eigenvalue weighted by molar-refractivity contribution is -0.135. The minimum Gasteiger partial charge on any atom is -0.481 e. The van der Waals surface area contributed by atoms with Crippen LogP contribution < -0.4 is 0 Å². The number of benzene rings is 1. The van der Waals surface area contributed by atoms with Gasteiger partial charge in [-0.3, -0.25) is 9.59 Å². The number of fused-ring (bicyclic) bond motifs is 1. The third kappa shape index (κ3) is 2.57. The fourth-order valence-electron chi connectivity index (χ4n) is 2.19. The predicted octanol–water partition coefficient (Wildman–Crippen LogP) is 3.69. The number of hydrogen-bond donors (Lipinski definition) is 2. The Morgan fingerprint density at radius 3 is 2.86 bits per heavy atom. The van der Waals surface area contributed by atoms with Crippen LogP contribution in [0.5, 0.6) is 0 Å². The normalized spacial score (nSPS) is 10.9. The van der Waals surface area contributed by atoms with Gasteiger partial charge in [0.2, 0.25) is 0 Å². The van der Waals surface area contributed by atoms with Crippen molar-refractivity contribution in [1.82, 2.24) is 4.98 Å². The molecule has 3 aromatic rings. The van der Waals surface area contributed by atoms with Crippen LogP contribution in [0.3, 0.4) is 0 Å². The van der Waals surface area contributed by atoms with E-state index in [0.29, 0.717) is 10.4 Å². The molecular weight excluding hydrogens is 293 g/mol. The van der Waals surface area contributed by atoms with Gasteiger partial charge in [0, 0.05) is 22.7 Å². The zero-order valence-electron chi connectivity index (χ0n) is 10.7. The number of hydrogen-bond acceptors (Lipinski definition) is 3. The molecule has 0 saturated heterocycles. The van der Waals surface area contributed by atoms with Gasteiger partial charge < -0.3 is 10.1 Å². The number of carboxylic acid groups (broad SMARTS) is 1. The first-order chi connectivity index (χ1) is 10.0. The molecule has 0 radical (unpaired) electrons. The molecule has 0 aliphatic heterocycles. The van der Waals surface area contributed by atoms with E-state index in [2.05, 4.69) is 4.98 Å². The van der Waals surface area contributed by atoms with E-state index in [4.69, 9.17) is 5.11 Å². The van der Waals surface area contributed by atoms with E-state index in [-0.39, 0.29) is 5.82 Å². The number of Topliss-reactive ketones (excluding diaryl/α,β-unsaturated/α-hetero) is 1. The molecule has 2 N–H and O–H groups in total. The summed E-state index contributed by atoms with van der Waals surface area (Å²) in [5.41, 5.74) is 2.34. The minimum absolute atomic E-state index is 0.321. The number of nitrogens with one attached hydrogen (secondary N) is 1. The lowest BCUT2D eigenvalue weighted by atomic mass is 10.1. The Morgan fingerprint density at radius 1 is 1.29 bits per heavy atom. The van der Waals surface area contributed by atoms with Crippen LogP contribution in [0.2, 0.25) is 0 Å². The molecular formula is C15H10FNO3S. The van der Waals surface area contributed by atoms with E-state index in [1.807, 2.05) is 0 Å². The second kappa shape index (κ2) is 5.14. The summed E-state index contributed by atoms with van der Waals surface area (Å²) in [5.74, 6) is -1.87. The first-order valence-electron chi connectivity index (χ1n) is 6.15. The number of carboxylic acids is 1. The van der Waals surface area contributed by atoms with Gasteiger partial charge in [0.1, 0.15) is 12.2 Å². The molecule has 1 aromatic carbocycles. The zero-order valence-corrected chi connectivity index (χ0v) is 11.5. The van der Waals surface area contributed by atoms with Gasteiger partial charge in [-0.05, 0) is 35.2 Å². The van der Waals surface area contributed by atoms with Gasteiger partial charge in [-0.1, -0.05) is 0 Å². The third-order valence-electron chi connectivity index (χ3n) is 3.14. The molecule has 0 fully saturated rings. The molecule has 0 spiro atoms. The molecule has 0 atom stereocenters. The van der Waals surface area contributed by atoms with Gasteiger partial charge in [0.15, 0.2) is 5.78 Å². The van der Waals surface area contributed by atoms with Crippen molar-refractivity contribution in [3.05, 3.63) is 46.5 Å². The van der Waals surface area contributed by atoms with E-state index >= 15 is 0 Å². The summed E-state index contributed by atoms with van der Waals surface area (Å²) in [7, 11) is 0. The van der Waals surface area contributed by atoms with Crippen LogP contribution in [-0.4, -0.2) is 21.8 Å². The van der Waals surface area contributed by atoms with Crippen molar-refractivity contribution in [2.75, 3.05) is 0 Å². The smallest absolute Gasteiger partial charge is 0.311 e. The van der Waals surface area contributed by atoms with Crippen molar-refractivity contribution in [1.29, 1.82) is 0 Å². The molecule has 6 heteroatoms. The highest BCUT2D eigenvalue weighted by molar-refractivity contribution is 7.12. The maximum atomic E-state index is 13.2. The van der Waals surface area contributed by atoms with E-state index in [1.165, 1.54) is 23.5 Å². The van der Waals surface area contributed by atoms with Gasteiger partial charge in [0.25, 0.3) is 0 Å². The van der Waals surface area contributed by atoms with Crippen molar-refractivity contribution < 1.29 is 19.1 Å². The quantitative estimate of drug-likeness (QED) is 0.570. The van der Waals surface area contributed by atoms with E-state index in [9.17, 15) is 14.0 Å². The number of carbonyl (C=O) groups excluding carboxylic acids is 1. The number of carbonyl (C=O) groups is 2. The molecule has 2 heterocycles. The molecule has 0 unspecified atom stereocenters. The van der Waals surface area contributed by atoms with Crippen LogP contribution >= 0.6 is 11.3 Å². The Morgan fingerprint density at radius 2 is 2.10 bits per heavy atom. The van der Waals surface area contributed by atoms with Crippen molar-refractivity contribution in [2.45, 2.75) is 6.42 Å². The van der Waals surface area contributed by atoms with Crippen LogP contribution in [-0.2, 0) is 4.79 Å². The molecule has 0 bridgehead atoms. The van der Waals surface area contributed by atoms with Gasteiger partial charge in [-0.2, -0.15) is 0 Å². The Kier molecular flexibility index (Phi) is 3.31. The fraction of sp³-hybridized carbons (Fsp3) is 0.0667. The number of H-pyrrole nitrogens is 1. The summed E-state index contributed by atoms with van der Waals surface area (Å²) in [6.07, 6.45) is 1.23. The summed E-state index contributed by atoms with van der Waals surface area (Å²) in [6, 6.07) is 6.12. The van der Waals surface area contributed by atoms with Crippen molar-refractivity contribution in [2.24, 2.45) is 0 Å². The summed E-state index contributed by atoms with van der Waals surface area (Å²) in [4.78, 5) is 25.7. The molecule has 4 nitrogen and oxygen atoms in total. The second-order valence-corrected chi connectivity index (χ2v) is 5.50. The lowest BCUT2D eigenvalue weighted by Crippen LogP contribution is -2.04. The van der Waals surface area contributed by atoms with Crippen LogP contribution in [0, 0.1) is 5.82 Å². The monoisotopic (exact) mass is 303 g/mol. The Labute approximate surface area is 122 Å². The van der Waals surface area contributed by atoms with Crippen LogP contribution in [0.25, 0.3) is 22.0 Å². The number of halogens is 1. The number of rotatable bonds is 4. The summed E-state index contributed by atoms with van der Waals surface area (Å²) < 4.78 is 13.2. The minimum atomic E-state index is -1.14. The summed E-state index contributed by atoms with van der Waals surface area (Å²) in [5, 5.41) is 11.3. The number of aliphatic carboxylic acids is 1. The van der Waals surface area contributed by atoms with E-state index in [1.54, 1.807) is 23.7 Å². The van der Waals surface area contributed by atoms with Crippen molar-refractivity contribution >= 4 is 34.0 Å².